The molecule has 16 heavy (non-hydrogen) atoms. The maximum Gasteiger partial charge on any atom is 0.220 e. The van der Waals surface area contributed by atoms with Gasteiger partial charge in [-0.3, -0.25) is 4.79 Å². The zero-order valence-electron chi connectivity index (χ0n) is 9.32. The van der Waals surface area contributed by atoms with Crippen molar-refractivity contribution in [1.82, 2.24) is 5.32 Å². The van der Waals surface area contributed by atoms with Crippen LogP contribution in [0.3, 0.4) is 0 Å². The molecule has 86 valence electrons. The summed E-state index contributed by atoms with van der Waals surface area (Å²) in [6.07, 6.45) is 0.540. The molecule has 1 aromatic carbocycles. The van der Waals surface area contributed by atoms with Crippen molar-refractivity contribution >= 4 is 5.91 Å². The average molecular weight is 220 g/mol. The zero-order chi connectivity index (χ0) is 11.5. The van der Waals surface area contributed by atoms with E-state index in [2.05, 4.69) is 5.32 Å². The summed E-state index contributed by atoms with van der Waals surface area (Å²) in [6.45, 7) is 1.19. The number of hydrogen-bond acceptors (Lipinski definition) is 3. The molecule has 1 fully saturated rings. The molecule has 0 aromatic heterocycles. The molecule has 1 amide bonds. The van der Waals surface area contributed by atoms with Crippen molar-refractivity contribution in [2.24, 2.45) is 5.73 Å². The fourth-order valence-electron chi connectivity index (χ4n) is 2.04. The second kappa shape index (κ2) is 4.53. The van der Waals surface area contributed by atoms with E-state index in [4.69, 9.17) is 10.5 Å². The molecule has 1 aliphatic heterocycles. The third-order valence-electron chi connectivity index (χ3n) is 2.95. The van der Waals surface area contributed by atoms with Crippen LogP contribution in [-0.2, 0) is 11.3 Å². The van der Waals surface area contributed by atoms with Gasteiger partial charge in [0, 0.05) is 25.4 Å². The first-order valence-corrected chi connectivity index (χ1v) is 5.38. The lowest BCUT2D eigenvalue weighted by molar-refractivity contribution is -0.119. The van der Waals surface area contributed by atoms with Gasteiger partial charge in [0.1, 0.15) is 5.75 Å². The van der Waals surface area contributed by atoms with E-state index in [-0.39, 0.29) is 11.8 Å². The Morgan fingerprint density at radius 1 is 1.56 bits per heavy atom. The van der Waals surface area contributed by atoms with Crippen LogP contribution in [0.4, 0.5) is 0 Å². The van der Waals surface area contributed by atoms with E-state index in [1.54, 1.807) is 7.11 Å². The van der Waals surface area contributed by atoms with Gasteiger partial charge >= 0.3 is 0 Å². The van der Waals surface area contributed by atoms with Gasteiger partial charge in [0.25, 0.3) is 0 Å². The van der Waals surface area contributed by atoms with Gasteiger partial charge in [-0.15, -0.1) is 0 Å². The van der Waals surface area contributed by atoms with Crippen molar-refractivity contribution < 1.29 is 9.53 Å². The molecule has 4 heteroatoms. The second-order valence-electron chi connectivity index (χ2n) is 3.99. The van der Waals surface area contributed by atoms with Crippen LogP contribution in [0, 0.1) is 0 Å². The number of rotatable bonds is 3. The summed E-state index contributed by atoms with van der Waals surface area (Å²) in [5.74, 6) is 1.15. The number of amides is 1. The average Bonchev–Trinajstić information content (AvgIpc) is 2.74. The summed E-state index contributed by atoms with van der Waals surface area (Å²) >= 11 is 0. The number of nitrogens with one attached hydrogen (secondary N) is 1. The molecule has 1 aliphatic rings. The minimum atomic E-state index is 0.106. The molecule has 1 saturated heterocycles. The maximum absolute atomic E-state index is 11.2. The number of ether oxygens (including phenoxy) is 1. The van der Waals surface area contributed by atoms with Crippen molar-refractivity contribution in [2.75, 3.05) is 13.7 Å². The molecule has 1 atom stereocenters. The number of methoxy groups -OCH3 is 1. The Balaban J connectivity index is 2.29. The summed E-state index contributed by atoms with van der Waals surface area (Å²) < 4.78 is 5.34. The Bertz CT molecular complexity index is 404. The maximum atomic E-state index is 11.2. The molecule has 0 aliphatic carbocycles. The van der Waals surface area contributed by atoms with Crippen LogP contribution in [0.15, 0.2) is 18.2 Å². The van der Waals surface area contributed by atoms with Crippen LogP contribution in [-0.4, -0.2) is 19.6 Å². The third kappa shape index (κ3) is 2.02. The zero-order valence-corrected chi connectivity index (χ0v) is 9.32. The fraction of sp³-hybridized carbons (Fsp3) is 0.417. The highest BCUT2D eigenvalue weighted by molar-refractivity contribution is 5.79. The number of hydrogen-bond donors (Lipinski definition) is 2. The largest absolute Gasteiger partial charge is 0.496 e. The first-order valence-electron chi connectivity index (χ1n) is 5.38. The van der Waals surface area contributed by atoms with Crippen LogP contribution in [0.5, 0.6) is 5.75 Å². The van der Waals surface area contributed by atoms with Gasteiger partial charge < -0.3 is 15.8 Å². The van der Waals surface area contributed by atoms with E-state index < -0.39 is 0 Å². The molecule has 2 rings (SSSR count). The van der Waals surface area contributed by atoms with Gasteiger partial charge in [-0.1, -0.05) is 12.1 Å². The Morgan fingerprint density at radius 3 is 2.94 bits per heavy atom. The lowest BCUT2D eigenvalue weighted by Gasteiger charge is -2.14. The van der Waals surface area contributed by atoms with E-state index in [1.807, 2.05) is 18.2 Å². The molecule has 0 radical (unpaired) electrons. The van der Waals surface area contributed by atoms with Crippen molar-refractivity contribution in [3.05, 3.63) is 29.3 Å². The summed E-state index contributed by atoms with van der Waals surface area (Å²) in [5, 5.41) is 2.83. The topological polar surface area (TPSA) is 64.3 Å². The van der Waals surface area contributed by atoms with E-state index in [0.29, 0.717) is 19.5 Å². The van der Waals surface area contributed by atoms with Gasteiger partial charge in [0.05, 0.1) is 7.11 Å². The van der Waals surface area contributed by atoms with E-state index in [0.717, 1.165) is 16.9 Å². The lowest BCUT2D eigenvalue weighted by atomic mass is 9.96. The van der Waals surface area contributed by atoms with E-state index >= 15 is 0 Å². The van der Waals surface area contributed by atoms with E-state index in [9.17, 15) is 4.79 Å². The molecule has 0 spiro atoms. The Kier molecular flexibility index (Phi) is 3.10. The standard InChI is InChI=1S/C12H16N2O2/c1-16-11-4-8(6-13)2-3-10(11)9-5-12(15)14-7-9/h2-4,9H,5-7,13H2,1H3,(H,14,15)/t9-/m0/s1. The molecular weight excluding hydrogens is 204 g/mol. The monoisotopic (exact) mass is 220 g/mol. The molecule has 1 heterocycles. The molecule has 0 bridgehead atoms. The van der Waals surface area contributed by atoms with E-state index in [1.165, 1.54) is 0 Å². The van der Waals surface area contributed by atoms with Crippen LogP contribution in [0.2, 0.25) is 0 Å². The molecule has 1 aromatic rings. The van der Waals surface area contributed by atoms with Crippen molar-refractivity contribution in [1.29, 1.82) is 0 Å². The molecule has 3 N–H and O–H groups in total. The number of carbonyl (C=O) groups is 1. The van der Waals surface area contributed by atoms with Gasteiger partial charge in [0.15, 0.2) is 0 Å². The Morgan fingerprint density at radius 2 is 2.38 bits per heavy atom. The first-order chi connectivity index (χ1) is 7.74. The van der Waals surface area contributed by atoms with Crippen molar-refractivity contribution in [2.45, 2.75) is 18.9 Å². The number of benzene rings is 1. The Labute approximate surface area is 94.8 Å². The predicted molar refractivity (Wildman–Crippen MR) is 61.3 cm³/mol. The molecule has 4 nitrogen and oxygen atoms in total. The normalized spacial score (nSPS) is 19.6. The highest BCUT2D eigenvalue weighted by Crippen LogP contribution is 2.31. The molecular formula is C12H16N2O2. The Hall–Kier alpha value is -1.55. The lowest BCUT2D eigenvalue weighted by Crippen LogP contribution is -2.13. The van der Waals surface area contributed by atoms with Crippen LogP contribution < -0.4 is 15.8 Å². The minimum absolute atomic E-state index is 0.106. The highest BCUT2D eigenvalue weighted by Gasteiger charge is 2.25. The SMILES string of the molecule is COc1cc(CN)ccc1[C@@H]1CNC(=O)C1. The first kappa shape index (κ1) is 11.0. The van der Waals surface area contributed by atoms with Crippen LogP contribution >= 0.6 is 0 Å². The summed E-state index contributed by atoms with van der Waals surface area (Å²) in [4.78, 5) is 11.2. The summed E-state index contributed by atoms with van der Waals surface area (Å²) in [5.41, 5.74) is 7.70. The summed E-state index contributed by atoms with van der Waals surface area (Å²) in [7, 11) is 1.64. The van der Waals surface area contributed by atoms with Gasteiger partial charge in [-0.2, -0.15) is 0 Å². The van der Waals surface area contributed by atoms with Crippen molar-refractivity contribution in [3.8, 4) is 5.75 Å². The third-order valence-corrected chi connectivity index (χ3v) is 2.95. The van der Waals surface area contributed by atoms with Crippen LogP contribution in [0.1, 0.15) is 23.5 Å². The molecule has 0 unspecified atom stereocenters. The number of nitrogens with two attached hydrogens (primary N) is 1. The predicted octanol–water partition coefficient (Wildman–Crippen LogP) is 0.757. The second-order valence-corrected chi connectivity index (χ2v) is 3.99. The van der Waals surface area contributed by atoms with Crippen LogP contribution in [0.25, 0.3) is 0 Å². The van der Waals surface area contributed by atoms with Gasteiger partial charge in [-0.05, 0) is 17.2 Å². The molecule has 0 saturated carbocycles. The highest BCUT2D eigenvalue weighted by atomic mass is 16.5. The summed E-state index contributed by atoms with van der Waals surface area (Å²) in [6, 6.07) is 5.94. The number of carbonyl (C=O) groups excluding carboxylic acids is 1. The van der Waals surface area contributed by atoms with Gasteiger partial charge in [0.2, 0.25) is 5.91 Å². The fourth-order valence-corrected chi connectivity index (χ4v) is 2.04. The van der Waals surface area contributed by atoms with Crippen molar-refractivity contribution in [3.63, 3.8) is 0 Å². The smallest absolute Gasteiger partial charge is 0.220 e. The minimum Gasteiger partial charge on any atom is -0.496 e. The quantitative estimate of drug-likeness (QED) is 0.790. The van der Waals surface area contributed by atoms with Gasteiger partial charge in [-0.25, -0.2) is 0 Å².